The largest absolute Gasteiger partial charge is 0.372 e. The van der Waals surface area contributed by atoms with E-state index in [0.29, 0.717) is 11.7 Å². The van der Waals surface area contributed by atoms with Crippen LogP contribution in [0.25, 0.3) is 11.4 Å². The van der Waals surface area contributed by atoms with Crippen LogP contribution in [-0.4, -0.2) is 41.7 Å². The van der Waals surface area contributed by atoms with Crippen LogP contribution in [0, 0.1) is 0 Å². The van der Waals surface area contributed by atoms with Crippen LogP contribution < -0.4 is 15.5 Å². The molecular weight excluding hydrogens is 366 g/mol. The highest BCUT2D eigenvalue weighted by atomic mass is 35.5. The molecule has 2 N–H and O–H groups in total. The third-order valence-electron chi connectivity index (χ3n) is 5.11. The van der Waals surface area contributed by atoms with Crippen LogP contribution in [0.4, 0.5) is 5.69 Å². The van der Waals surface area contributed by atoms with Crippen molar-refractivity contribution in [2.75, 3.05) is 24.5 Å². The number of carbonyl (C=O) groups is 1. The van der Waals surface area contributed by atoms with Gasteiger partial charge >= 0.3 is 0 Å². The van der Waals surface area contributed by atoms with E-state index in [1.54, 1.807) is 0 Å². The lowest BCUT2D eigenvalue weighted by molar-refractivity contribution is -0.123. The highest BCUT2D eigenvalue weighted by Crippen LogP contribution is 2.23. The minimum absolute atomic E-state index is 0. The zero-order chi connectivity index (χ0) is 17.8. The molecule has 0 saturated carbocycles. The zero-order valence-corrected chi connectivity index (χ0v) is 16.1. The van der Waals surface area contributed by atoms with Gasteiger partial charge in [-0.05, 0) is 62.9 Å². The monoisotopic (exact) mass is 391 g/mol. The molecule has 8 heteroatoms. The maximum atomic E-state index is 12.0. The van der Waals surface area contributed by atoms with Gasteiger partial charge < -0.3 is 20.1 Å². The van der Waals surface area contributed by atoms with Gasteiger partial charge in [0.15, 0.2) is 0 Å². The second-order valence-electron chi connectivity index (χ2n) is 6.97. The normalized spacial score (nSPS) is 19.6. The number of rotatable bonds is 5. The Bertz CT molecular complexity index is 737. The van der Waals surface area contributed by atoms with Gasteiger partial charge in [-0.1, -0.05) is 5.16 Å². The summed E-state index contributed by atoms with van der Waals surface area (Å²) in [6.07, 6.45) is 5.77. The van der Waals surface area contributed by atoms with Gasteiger partial charge in [0.1, 0.15) is 0 Å². The van der Waals surface area contributed by atoms with Crippen LogP contribution in [0.2, 0.25) is 0 Å². The topological polar surface area (TPSA) is 83.3 Å². The fourth-order valence-corrected chi connectivity index (χ4v) is 3.61. The minimum atomic E-state index is -0.0975. The molecule has 146 valence electrons. The summed E-state index contributed by atoms with van der Waals surface area (Å²) >= 11 is 0. The molecule has 2 aliphatic rings. The molecule has 0 spiro atoms. The van der Waals surface area contributed by atoms with Gasteiger partial charge in [-0.25, -0.2) is 0 Å². The maximum Gasteiger partial charge on any atom is 0.246 e. The number of amides is 1. The molecule has 1 aromatic carbocycles. The van der Waals surface area contributed by atoms with Gasteiger partial charge in [0.25, 0.3) is 0 Å². The van der Waals surface area contributed by atoms with Gasteiger partial charge in [0.05, 0.1) is 12.6 Å². The van der Waals surface area contributed by atoms with E-state index in [2.05, 4.69) is 37.8 Å². The average molecular weight is 392 g/mol. The molecular formula is C19H26ClN5O2. The highest BCUT2D eigenvalue weighted by molar-refractivity contribution is 5.85. The Morgan fingerprint density at radius 2 is 1.96 bits per heavy atom. The number of nitrogens with one attached hydrogen (secondary N) is 2. The lowest BCUT2D eigenvalue weighted by Crippen LogP contribution is -2.40. The first kappa shape index (κ1) is 19.6. The van der Waals surface area contributed by atoms with E-state index in [1.165, 1.54) is 24.9 Å². The molecule has 7 nitrogen and oxygen atoms in total. The number of carbonyl (C=O) groups excluding carboxylic acids is 1. The Hall–Kier alpha value is -2.12. The standard InChI is InChI=1S/C19H25N5O2.ClH/c25-19(16-5-4-10-20-16)21-13-17-22-18(23-26-17)14-6-8-15(9-7-14)24-11-2-1-3-12-24;/h6-9,16,20H,1-5,10-13H2,(H,21,25);1H. The van der Waals surface area contributed by atoms with Gasteiger partial charge in [-0.3, -0.25) is 4.79 Å². The summed E-state index contributed by atoms with van der Waals surface area (Å²) in [5.41, 5.74) is 2.16. The molecule has 2 aromatic rings. The van der Waals surface area contributed by atoms with Crippen LogP contribution in [-0.2, 0) is 11.3 Å². The lowest BCUT2D eigenvalue weighted by Gasteiger charge is -2.28. The average Bonchev–Trinajstić information content (AvgIpc) is 3.39. The van der Waals surface area contributed by atoms with Crippen molar-refractivity contribution in [2.45, 2.75) is 44.7 Å². The predicted molar refractivity (Wildman–Crippen MR) is 106 cm³/mol. The van der Waals surface area contributed by atoms with E-state index in [0.717, 1.165) is 38.0 Å². The molecule has 0 aliphatic carbocycles. The molecule has 1 unspecified atom stereocenters. The number of hydrogen-bond donors (Lipinski definition) is 2. The molecule has 1 aromatic heterocycles. The summed E-state index contributed by atoms with van der Waals surface area (Å²) in [6, 6.07) is 8.19. The van der Waals surface area contributed by atoms with Crippen molar-refractivity contribution < 1.29 is 9.32 Å². The Morgan fingerprint density at radius 3 is 2.67 bits per heavy atom. The molecule has 27 heavy (non-hydrogen) atoms. The van der Waals surface area contributed by atoms with Crippen LogP contribution in [0.15, 0.2) is 28.8 Å². The summed E-state index contributed by atoms with van der Waals surface area (Å²) in [5.74, 6) is 0.970. The zero-order valence-electron chi connectivity index (χ0n) is 15.3. The first-order chi connectivity index (χ1) is 12.8. The fraction of sp³-hybridized carbons (Fsp3) is 0.526. The van der Waals surface area contributed by atoms with Gasteiger partial charge in [0.2, 0.25) is 17.6 Å². The summed E-state index contributed by atoms with van der Waals surface area (Å²) < 4.78 is 5.27. The van der Waals surface area contributed by atoms with Crippen molar-refractivity contribution >= 4 is 24.0 Å². The molecule has 2 saturated heterocycles. The molecule has 4 rings (SSSR count). The summed E-state index contributed by atoms with van der Waals surface area (Å²) in [6.45, 7) is 3.41. The number of aromatic nitrogens is 2. The Kier molecular flexibility index (Phi) is 6.68. The first-order valence-electron chi connectivity index (χ1n) is 9.49. The summed E-state index contributed by atoms with van der Waals surface area (Å²) in [5, 5.41) is 10.1. The van der Waals surface area contributed by atoms with Crippen molar-refractivity contribution in [2.24, 2.45) is 0 Å². The smallest absolute Gasteiger partial charge is 0.246 e. The number of hydrogen-bond acceptors (Lipinski definition) is 6. The van der Waals surface area contributed by atoms with Gasteiger partial charge in [0, 0.05) is 24.3 Å². The van der Waals surface area contributed by atoms with Crippen LogP contribution in [0.1, 0.15) is 38.0 Å². The van der Waals surface area contributed by atoms with E-state index in [1.807, 2.05) is 12.1 Å². The first-order valence-corrected chi connectivity index (χ1v) is 9.49. The Morgan fingerprint density at radius 1 is 1.19 bits per heavy atom. The highest BCUT2D eigenvalue weighted by Gasteiger charge is 2.22. The van der Waals surface area contributed by atoms with Gasteiger partial charge in [-0.2, -0.15) is 4.98 Å². The molecule has 0 bridgehead atoms. The number of piperidine rings is 1. The second-order valence-corrected chi connectivity index (χ2v) is 6.97. The fourth-order valence-electron chi connectivity index (χ4n) is 3.61. The molecule has 2 fully saturated rings. The summed E-state index contributed by atoms with van der Waals surface area (Å²) in [4.78, 5) is 18.8. The predicted octanol–water partition coefficient (Wildman–Crippen LogP) is 2.52. The number of nitrogens with zero attached hydrogens (tertiary/aromatic N) is 3. The number of benzene rings is 1. The van der Waals surface area contributed by atoms with Crippen molar-refractivity contribution in [1.29, 1.82) is 0 Å². The lowest BCUT2D eigenvalue weighted by atomic mass is 10.1. The third kappa shape index (κ3) is 4.78. The van der Waals surface area contributed by atoms with Gasteiger partial charge in [-0.15, -0.1) is 12.4 Å². The van der Waals surface area contributed by atoms with Crippen molar-refractivity contribution in [3.05, 3.63) is 30.2 Å². The molecule has 0 radical (unpaired) electrons. The summed E-state index contributed by atoms with van der Waals surface area (Å²) in [7, 11) is 0. The van der Waals surface area contributed by atoms with E-state index >= 15 is 0 Å². The van der Waals surface area contributed by atoms with Crippen molar-refractivity contribution in [3.63, 3.8) is 0 Å². The second kappa shape index (κ2) is 9.19. The number of halogens is 1. The molecule has 2 aliphatic heterocycles. The Balaban J connectivity index is 0.00000210. The SMILES string of the molecule is Cl.O=C(NCc1nc(-c2ccc(N3CCCCC3)cc2)no1)C1CCCN1. The molecule has 1 amide bonds. The van der Waals surface area contributed by atoms with Crippen molar-refractivity contribution in [3.8, 4) is 11.4 Å². The van der Waals surface area contributed by atoms with Crippen LogP contribution >= 0.6 is 12.4 Å². The van der Waals surface area contributed by atoms with E-state index < -0.39 is 0 Å². The quantitative estimate of drug-likeness (QED) is 0.814. The van der Waals surface area contributed by atoms with E-state index in [9.17, 15) is 4.79 Å². The maximum absolute atomic E-state index is 12.0. The molecule has 3 heterocycles. The van der Waals surface area contributed by atoms with Crippen LogP contribution in [0.3, 0.4) is 0 Å². The third-order valence-corrected chi connectivity index (χ3v) is 5.11. The minimum Gasteiger partial charge on any atom is -0.372 e. The Labute approximate surface area is 165 Å². The van der Waals surface area contributed by atoms with E-state index in [4.69, 9.17) is 4.52 Å². The van der Waals surface area contributed by atoms with Crippen molar-refractivity contribution in [1.82, 2.24) is 20.8 Å². The molecule has 1 atom stereocenters. The van der Waals surface area contributed by atoms with E-state index in [-0.39, 0.29) is 30.9 Å². The number of anilines is 1. The van der Waals surface area contributed by atoms with Crippen LogP contribution in [0.5, 0.6) is 0 Å².